The maximum Gasteiger partial charge on any atom is 0.325 e. The largest absolute Gasteiger partial charge is 0.465 e. The molecule has 0 radical (unpaired) electrons. The molecule has 3 nitrogen and oxygen atoms in total. The minimum Gasteiger partial charge on any atom is -0.465 e. The molecule has 1 aliphatic heterocycles. The number of nitrogens with zero attached hydrogens (tertiary/aromatic N) is 1. The molecule has 0 aliphatic carbocycles. The third-order valence-corrected chi connectivity index (χ3v) is 3.08. The summed E-state index contributed by atoms with van der Waals surface area (Å²) in [5, 5.41) is 0. The summed E-state index contributed by atoms with van der Waals surface area (Å²) >= 11 is 0. The van der Waals surface area contributed by atoms with Gasteiger partial charge < -0.3 is 9.64 Å². The fourth-order valence-corrected chi connectivity index (χ4v) is 2.30. The fraction of sp³-hybridized carbons (Fsp3) is 0.500. The van der Waals surface area contributed by atoms with E-state index in [1.165, 1.54) is 17.7 Å². The molecule has 0 saturated heterocycles. The molecule has 0 spiro atoms. The number of rotatable bonds is 3. The Balaban J connectivity index is 2.14. The second-order valence-electron chi connectivity index (χ2n) is 4.31. The van der Waals surface area contributed by atoms with Crippen LogP contribution in [0.15, 0.2) is 24.3 Å². The van der Waals surface area contributed by atoms with Crippen LogP contribution >= 0.6 is 0 Å². The Labute approximate surface area is 102 Å². The van der Waals surface area contributed by atoms with Crippen LogP contribution in [0.5, 0.6) is 0 Å². The van der Waals surface area contributed by atoms with Gasteiger partial charge in [0.05, 0.1) is 6.61 Å². The van der Waals surface area contributed by atoms with Gasteiger partial charge in [-0.1, -0.05) is 18.2 Å². The number of carbonyl (C=O) groups excluding carboxylic acids is 1. The van der Waals surface area contributed by atoms with Gasteiger partial charge in [-0.15, -0.1) is 0 Å². The molecule has 0 amide bonds. The van der Waals surface area contributed by atoms with E-state index in [2.05, 4.69) is 23.1 Å². The Morgan fingerprint density at radius 3 is 3.00 bits per heavy atom. The number of fused-ring (bicyclic) bond motifs is 1. The number of benzene rings is 1. The molecule has 0 N–H and O–H groups in total. The van der Waals surface area contributed by atoms with Gasteiger partial charge in [-0.2, -0.15) is 0 Å². The smallest absolute Gasteiger partial charge is 0.325 e. The summed E-state index contributed by atoms with van der Waals surface area (Å²) < 4.78 is 5.02. The first kappa shape index (κ1) is 12.0. The number of aryl methyl sites for hydroxylation is 1. The number of carbonyl (C=O) groups is 1. The molecule has 17 heavy (non-hydrogen) atoms. The first-order chi connectivity index (χ1) is 8.31. The third kappa shape index (κ3) is 2.99. The van der Waals surface area contributed by atoms with Crippen LogP contribution in [-0.4, -0.2) is 25.7 Å². The number of esters is 1. The van der Waals surface area contributed by atoms with E-state index in [4.69, 9.17) is 4.74 Å². The maximum atomic E-state index is 11.6. The van der Waals surface area contributed by atoms with Crippen LogP contribution in [-0.2, 0) is 16.0 Å². The number of hydrogen-bond acceptors (Lipinski definition) is 3. The van der Waals surface area contributed by atoms with E-state index >= 15 is 0 Å². The average Bonchev–Trinajstić information content (AvgIpc) is 2.53. The highest BCUT2D eigenvalue weighted by Gasteiger charge is 2.17. The van der Waals surface area contributed by atoms with E-state index in [0.29, 0.717) is 13.2 Å². The molecule has 1 aliphatic rings. The van der Waals surface area contributed by atoms with E-state index in [-0.39, 0.29) is 5.97 Å². The number of para-hydroxylation sites is 1. The van der Waals surface area contributed by atoms with Crippen molar-refractivity contribution in [2.75, 3.05) is 24.6 Å². The van der Waals surface area contributed by atoms with Gasteiger partial charge in [-0.05, 0) is 37.8 Å². The monoisotopic (exact) mass is 233 g/mol. The Morgan fingerprint density at radius 2 is 2.18 bits per heavy atom. The summed E-state index contributed by atoms with van der Waals surface area (Å²) in [7, 11) is 0. The molecule has 0 bridgehead atoms. The van der Waals surface area contributed by atoms with E-state index in [9.17, 15) is 4.79 Å². The maximum absolute atomic E-state index is 11.6. The summed E-state index contributed by atoms with van der Waals surface area (Å²) in [5.41, 5.74) is 2.53. The van der Waals surface area contributed by atoms with E-state index in [1.54, 1.807) is 0 Å². The lowest BCUT2D eigenvalue weighted by Crippen LogP contribution is -2.31. The van der Waals surface area contributed by atoms with Crippen molar-refractivity contribution in [2.45, 2.75) is 26.2 Å². The molecule has 1 aromatic carbocycles. The van der Waals surface area contributed by atoms with Crippen LogP contribution in [0.2, 0.25) is 0 Å². The molecule has 0 aromatic heterocycles. The van der Waals surface area contributed by atoms with Crippen molar-refractivity contribution in [2.24, 2.45) is 0 Å². The summed E-state index contributed by atoms with van der Waals surface area (Å²) in [4.78, 5) is 13.7. The standard InChI is InChI=1S/C14H19NO2/c1-2-17-14(16)11-15-10-6-5-8-12-7-3-4-9-13(12)15/h3-4,7,9H,2,5-6,8,10-11H2,1H3. The van der Waals surface area contributed by atoms with Gasteiger partial charge in [0.25, 0.3) is 0 Å². The number of ether oxygens (including phenoxy) is 1. The molecular weight excluding hydrogens is 214 g/mol. The van der Waals surface area contributed by atoms with Crippen LogP contribution in [0.25, 0.3) is 0 Å². The summed E-state index contributed by atoms with van der Waals surface area (Å²) in [5.74, 6) is -0.135. The van der Waals surface area contributed by atoms with Crippen molar-refractivity contribution < 1.29 is 9.53 Å². The Morgan fingerprint density at radius 1 is 1.35 bits per heavy atom. The second kappa shape index (κ2) is 5.71. The van der Waals surface area contributed by atoms with Gasteiger partial charge in [-0.25, -0.2) is 0 Å². The highest BCUT2D eigenvalue weighted by Crippen LogP contribution is 2.25. The summed E-state index contributed by atoms with van der Waals surface area (Å²) in [6.07, 6.45) is 3.43. The van der Waals surface area contributed by atoms with Crippen molar-refractivity contribution in [3.8, 4) is 0 Å². The lowest BCUT2D eigenvalue weighted by atomic mass is 10.1. The fourth-order valence-electron chi connectivity index (χ4n) is 2.30. The van der Waals surface area contributed by atoms with Crippen LogP contribution in [0.3, 0.4) is 0 Å². The molecule has 1 heterocycles. The molecule has 0 atom stereocenters. The molecule has 0 saturated carbocycles. The van der Waals surface area contributed by atoms with Gasteiger partial charge >= 0.3 is 5.97 Å². The molecule has 0 fully saturated rings. The van der Waals surface area contributed by atoms with E-state index in [1.807, 2.05) is 13.0 Å². The SMILES string of the molecule is CCOC(=O)CN1CCCCc2ccccc21. The molecule has 92 valence electrons. The van der Waals surface area contributed by atoms with Gasteiger partial charge in [0, 0.05) is 12.2 Å². The zero-order chi connectivity index (χ0) is 12.1. The van der Waals surface area contributed by atoms with Crippen molar-refractivity contribution in [1.29, 1.82) is 0 Å². The van der Waals surface area contributed by atoms with Crippen LogP contribution in [0.1, 0.15) is 25.3 Å². The van der Waals surface area contributed by atoms with Crippen LogP contribution in [0.4, 0.5) is 5.69 Å². The zero-order valence-electron chi connectivity index (χ0n) is 10.3. The highest BCUT2D eigenvalue weighted by atomic mass is 16.5. The Kier molecular flexibility index (Phi) is 4.02. The minimum absolute atomic E-state index is 0.135. The van der Waals surface area contributed by atoms with Gasteiger partial charge in [0.15, 0.2) is 0 Å². The Hall–Kier alpha value is -1.51. The molecule has 1 aromatic rings. The van der Waals surface area contributed by atoms with Gasteiger partial charge in [-0.3, -0.25) is 4.79 Å². The zero-order valence-corrected chi connectivity index (χ0v) is 10.3. The summed E-state index contributed by atoms with van der Waals surface area (Å²) in [6, 6.07) is 8.34. The highest BCUT2D eigenvalue weighted by molar-refractivity contribution is 5.76. The van der Waals surface area contributed by atoms with Gasteiger partial charge in [0.2, 0.25) is 0 Å². The van der Waals surface area contributed by atoms with E-state index < -0.39 is 0 Å². The van der Waals surface area contributed by atoms with Crippen molar-refractivity contribution in [3.05, 3.63) is 29.8 Å². The number of anilines is 1. The summed E-state index contributed by atoms with van der Waals surface area (Å²) in [6.45, 7) is 3.60. The lowest BCUT2D eigenvalue weighted by molar-refractivity contribution is -0.141. The first-order valence-electron chi connectivity index (χ1n) is 6.29. The normalized spacial score (nSPS) is 15.0. The molecule has 0 unspecified atom stereocenters. The third-order valence-electron chi connectivity index (χ3n) is 3.08. The molecular formula is C14H19NO2. The van der Waals surface area contributed by atoms with Crippen molar-refractivity contribution in [3.63, 3.8) is 0 Å². The predicted molar refractivity (Wildman–Crippen MR) is 68.2 cm³/mol. The van der Waals surface area contributed by atoms with Crippen LogP contribution < -0.4 is 4.90 Å². The quantitative estimate of drug-likeness (QED) is 0.751. The molecule has 3 heteroatoms. The topological polar surface area (TPSA) is 29.5 Å². The van der Waals surface area contributed by atoms with Gasteiger partial charge in [0.1, 0.15) is 6.54 Å². The predicted octanol–water partition coefficient (Wildman–Crippen LogP) is 2.39. The average molecular weight is 233 g/mol. The van der Waals surface area contributed by atoms with E-state index in [0.717, 1.165) is 19.4 Å². The number of hydrogen-bond donors (Lipinski definition) is 0. The second-order valence-corrected chi connectivity index (χ2v) is 4.31. The first-order valence-corrected chi connectivity index (χ1v) is 6.29. The van der Waals surface area contributed by atoms with Crippen molar-refractivity contribution >= 4 is 11.7 Å². The van der Waals surface area contributed by atoms with Crippen LogP contribution in [0, 0.1) is 0 Å². The molecule has 2 rings (SSSR count). The van der Waals surface area contributed by atoms with Crippen molar-refractivity contribution in [1.82, 2.24) is 0 Å². The lowest BCUT2D eigenvalue weighted by Gasteiger charge is -2.23. The minimum atomic E-state index is -0.135. The Bertz CT molecular complexity index is 390.